The maximum absolute atomic E-state index is 11.7. The molecule has 0 amide bonds. The van der Waals surface area contributed by atoms with E-state index in [1.807, 2.05) is 24.3 Å². The van der Waals surface area contributed by atoms with E-state index in [0.29, 0.717) is 0 Å². The number of benzene rings is 1. The van der Waals surface area contributed by atoms with E-state index in [2.05, 4.69) is 26.1 Å². The highest BCUT2D eigenvalue weighted by atomic mass is 79.9. The lowest BCUT2D eigenvalue weighted by molar-refractivity contribution is 0.0463. The Morgan fingerprint density at radius 3 is 2.67 bits per heavy atom. The fraction of sp³-hybridized carbons (Fsp3) is 0.0833. The van der Waals surface area contributed by atoms with Gasteiger partial charge in [0.05, 0.1) is 0 Å². The molecule has 0 N–H and O–H groups in total. The van der Waals surface area contributed by atoms with Gasteiger partial charge in [-0.3, -0.25) is 0 Å². The van der Waals surface area contributed by atoms with Gasteiger partial charge >= 0.3 is 5.97 Å². The summed E-state index contributed by atoms with van der Waals surface area (Å²) in [6.45, 7) is 0.171. The molecule has 1 aromatic carbocycles. The Balaban J connectivity index is 2.01. The number of rotatable bonds is 3. The summed E-state index contributed by atoms with van der Waals surface area (Å²) >= 11 is 8.95. The summed E-state index contributed by atoms with van der Waals surface area (Å²) in [6, 6.07) is 10.5. The zero-order chi connectivity index (χ0) is 13.0. The van der Waals surface area contributed by atoms with Crippen molar-refractivity contribution < 1.29 is 9.53 Å². The number of ether oxygens (including phenoxy) is 1. The van der Waals surface area contributed by atoms with Gasteiger partial charge in [-0.05, 0) is 18.2 Å². The number of carbonyl (C=O) groups excluding carboxylic acids is 1. The highest BCUT2D eigenvalue weighted by Crippen LogP contribution is 2.17. The highest BCUT2D eigenvalue weighted by molar-refractivity contribution is 9.10. The summed E-state index contributed by atoms with van der Waals surface area (Å²) in [5.74, 6) is -0.532. The third kappa shape index (κ3) is 3.27. The molecule has 0 unspecified atom stereocenters. The van der Waals surface area contributed by atoms with Crippen LogP contribution in [-0.2, 0) is 11.3 Å². The molecule has 0 saturated carbocycles. The van der Waals surface area contributed by atoms with Crippen LogP contribution >= 0.6 is 27.5 Å². The third-order valence-electron chi connectivity index (χ3n) is 2.16. The molecule has 92 valence electrons. The topological polar surface area (TPSA) is 52.1 Å². The zero-order valence-corrected chi connectivity index (χ0v) is 11.5. The quantitative estimate of drug-likeness (QED) is 0.812. The SMILES string of the molecule is O=C(OCc1ccccc1Br)c1ccc(Cl)nn1. The van der Waals surface area contributed by atoms with Gasteiger partial charge < -0.3 is 4.74 Å². The average Bonchev–Trinajstić information content (AvgIpc) is 2.38. The lowest BCUT2D eigenvalue weighted by Gasteiger charge is -2.05. The summed E-state index contributed by atoms with van der Waals surface area (Å²) in [5.41, 5.74) is 1.01. The first-order valence-corrected chi connectivity index (χ1v) is 6.23. The largest absolute Gasteiger partial charge is 0.456 e. The summed E-state index contributed by atoms with van der Waals surface area (Å²) in [7, 11) is 0. The van der Waals surface area contributed by atoms with Crippen LogP contribution in [0.15, 0.2) is 40.9 Å². The summed E-state index contributed by atoms with van der Waals surface area (Å²) < 4.78 is 6.01. The lowest BCUT2D eigenvalue weighted by Crippen LogP contribution is -2.08. The van der Waals surface area contributed by atoms with E-state index >= 15 is 0 Å². The van der Waals surface area contributed by atoms with Gasteiger partial charge in [0.2, 0.25) is 0 Å². The zero-order valence-electron chi connectivity index (χ0n) is 9.14. The molecule has 0 aliphatic rings. The maximum atomic E-state index is 11.7. The van der Waals surface area contributed by atoms with Crippen LogP contribution < -0.4 is 0 Å². The van der Waals surface area contributed by atoms with Gasteiger partial charge in [-0.25, -0.2) is 4.79 Å². The van der Waals surface area contributed by atoms with E-state index in [0.717, 1.165) is 10.0 Å². The van der Waals surface area contributed by atoms with Crippen molar-refractivity contribution in [3.8, 4) is 0 Å². The minimum absolute atomic E-state index is 0.131. The monoisotopic (exact) mass is 326 g/mol. The average molecular weight is 328 g/mol. The van der Waals surface area contributed by atoms with E-state index in [1.54, 1.807) is 0 Å². The summed E-state index contributed by atoms with van der Waals surface area (Å²) in [5, 5.41) is 7.46. The van der Waals surface area contributed by atoms with Crippen molar-refractivity contribution in [3.05, 3.63) is 57.3 Å². The summed E-state index contributed by atoms with van der Waals surface area (Å²) in [4.78, 5) is 11.7. The van der Waals surface area contributed by atoms with Crippen molar-refractivity contribution in [1.82, 2.24) is 10.2 Å². The lowest BCUT2D eigenvalue weighted by atomic mass is 10.2. The van der Waals surface area contributed by atoms with Crippen LogP contribution in [0.25, 0.3) is 0 Å². The predicted octanol–water partition coefficient (Wildman–Crippen LogP) is 3.25. The smallest absolute Gasteiger partial charge is 0.359 e. The molecule has 1 aromatic heterocycles. The van der Waals surface area contributed by atoms with Crippen molar-refractivity contribution in [2.45, 2.75) is 6.61 Å². The number of carbonyl (C=O) groups is 1. The number of halogens is 2. The molecular formula is C12H8BrClN2O2. The van der Waals surface area contributed by atoms with Crippen molar-refractivity contribution in [3.63, 3.8) is 0 Å². The molecule has 0 saturated heterocycles. The minimum Gasteiger partial charge on any atom is -0.456 e. The van der Waals surface area contributed by atoms with Gasteiger partial charge in [0.1, 0.15) is 6.61 Å². The first-order chi connectivity index (χ1) is 8.66. The molecule has 2 rings (SSSR count). The Bertz CT molecular complexity index is 560. The van der Waals surface area contributed by atoms with E-state index in [4.69, 9.17) is 16.3 Å². The Labute approximate surface area is 117 Å². The van der Waals surface area contributed by atoms with Crippen molar-refractivity contribution in [2.24, 2.45) is 0 Å². The van der Waals surface area contributed by atoms with Gasteiger partial charge in [0.15, 0.2) is 10.8 Å². The number of esters is 1. The molecule has 2 aromatic rings. The standard InChI is InChI=1S/C12H8BrClN2O2/c13-9-4-2-1-3-8(9)7-18-12(17)10-5-6-11(14)16-15-10/h1-6H,7H2. The first-order valence-electron chi connectivity index (χ1n) is 5.06. The Morgan fingerprint density at radius 1 is 1.22 bits per heavy atom. The predicted molar refractivity (Wildman–Crippen MR) is 70.3 cm³/mol. The molecule has 18 heavy (non-hydrogen) atoms. The molecular weight excluding hydrogens is 320 g/mol. The second kappa shape index (κ2) is 5.93. The van der Waals surface area contributed by atoms with Crippen LogP contribution in [0.5, 0.6) is 0 Å². The Morgan fingerprint density at radius 2 is 2.00 bits per heavy atom. The van der Waals surface area contributed by atoms with Gasteiger partial charge in [-0.2, -0.15) is 0 Å². The van der Waals surface area contributed by atoms with Crippen LogP contribution in [0, 0.1) is 0 Å². The highest BCUT2D eigenvalue weighted by Gasteiger charge is 2.10. The molecule has 4 nitrogen and oxygen atoms in total. The molecule has 6 heteroatoms. The Hall–Kier alpha value is -1.46. The van der Waals surface area contributed by atoms with Gasteiger partial charge in [0.25, 0.3) is 0 Å². The summed E-state index contributed by atoms with van der Waals surface area (Å²) in [6.07, 6.45) is 0. The fourth-order valence-electron chi connectivity index (χ4n) is 1.26. The Kier molecular flexibility index (Phi) is 4.28. The number of hydrogen-bond acceptors (Lipinski definition) is 4. The van der Waals surface area contributed by atoms with Crippen molar-refractivity contribution in [1.29, 1.82) is 0 Å². The number of nitrogens with zero attached hydrogens (tertiary/aromatic N) is 2. The van der Waals surface area contributed by atoms with E-state index in [1.165, 1.54) is 12.1 Å². The van der Waals surface area contributed by atoms with Crippen molar-refractivity contribution in [2.75, 3.05) is 0 Å². The molecule has 0 radical (unpaired) electrons. The first kappa shape index (κ1) is 13.0. The van der Waals surface area contributed by atoms with Crippen LogP contribution in [0.4, 0.5) is 0 Å². The number of aromatic nitrogens is 2. The molecule has 0 aliphatic carbocycles. The van der Waals surface area contributed by atoms with Gasteiger partial charge in [-0.15, -0.1) is 10.2 Å². The molecule has 0 atom stereocenters. The normalized spacial score (nSPS) is 10.1. The fourth-order valence-corrected chi connectivity index (χ4v) is 1.76. The van der Waals surface area contributed by atoms with E-state index < -0.39 is 5.97 Å². The second-order valence-electron chi connectivity index (χ2n) is 3.41. The van der Waals surface area contributed by atoms with Crippen LogP contribution in [0.3, 0.4) is 0 Å². The molecule has 0 fully saturated rings. The molecule has 0 aliphatic heterocycles. The third-order valence-corrected chi connectivity index (χ3v) is 3.13. The van der Waals surface area contributed by atoms with Crippen LogP contribution in [-0.4, -0.2) is 16.2 Å². The molecule has 1 heterocycles. The van der Waals surface area contributed by atoms with E-state index in [-0.39, 0.29) is 17.5 Å². The van der Waals surface area contributed by atoms with Crippen LogP contribution in [0.1, 0.15) is 16.1 Å². The van der Waals surface area contributed by atoms with Crippen LogP contribution in [0.2, 0.25) is 5.15 Å². The van der Waals surface area contributed by atoms with Crippen molar-refractivity contribution >= 4 is 33.5 Å². The van der Waals surface area contributed by atoms with E-state index in [9.17, 15) is 4.79 Å². The van der Waals surface area contributed by atoms with Gasteiger partial charge in [0, 0.05) is 10.0 Å². The molecule has 0 bridgehead atoms. The number of hydrogen-bond donors (Lipinski definition) is 0. The molecule has 0 spiro atoms. The maximum Gasteiger partial charge on any atom is 0.359 e. The van der Waals surface area contributed by atoms with Gasteiger partial charge in [-0.1, -0.05) is 45.7 Å². The second-order valence-corrected chi connectivity index (χ2v) is 4.65. The minimum atomic E-state index is -0.532.